The van der Waals surface area contributed by atoms with Crippen molar-refractivity contribution in [1.82, 2.24) is 14.8 Å². The van der Waals surface area contributed by atoms with Gasteiger partial charge in [-0.3, -0.25) is 4.57 Å². The molecule has 148 valence electrons. The lowest BCUT2D eigenvalue weighted by atomic mass is 10.1. The van der Waals surface area contributed by atoms with Gasteiger partial charge in [0.2, 0.25) is 0 Å². The van der Waals surface area contributed by atoms with Crippen LogP contribution in [0.2, 0.25) is 5.02 Å². The van der Waals surface area contributed by atoms with E-state index in [9.17, 15) is 18.3 Å². The summed E-state index contributed by atoms with van der Waals surface area (Å²) in [5.41, 5.74) is -0.959. The minimum Gasteiger partial charge on any atom is -0.390 e. The third-order valence-electron chi connectivity index (χ3n) is 3.73. The molecule has 0 radical (unpaired) electrons. The summed E-state index contributed by atoms with van der Waals surface area (Å²) < 4.78 is 41.1. The summed E-state index contributed by atoms with van der Waals surface area (Å²) in [6.07, 6.45) is -4.48. The van der Waals surface area contributed by atoms with Gasteiger partial charge in [-0.1, -0.05) is 41.6 Å². The molecule has 0 aliphatic rings. The number of hydrogen-bond donors (Lipinski definition) is 1. The predicted molar refractivity (Wildman–Crippen MR) is 104 cm³/mol. The number of nitrogens with zero attached hydrogens (tertiary/aromatic N) is 3. The van der Waals surface area contributed by atoms with Crippen molar-refractivity contribution in [2.75, 3.05) is 5.75 Å². The number of rotatable bonds is 5. The van der Waals surface area contributed by atoms with E-state index in [0.717, 1.165) is 12.1 Å². The molecule has 0 fully saturated rings. The van der Waals surface area contributed by atoms with Gasteiger partial charge in [0.25, 0.3) is 0 Å². The van der Waals surface area contributed by atoms with Crippen LogP contribution < -0.4 is 0 Å². The lowest BCUT2D eigenvalue weighted by Crippen LogP contribution is -2.22. The first kappa shape index (κ1) is 20.7. The summed E-state index contributed by atoms with van der Waals surface area (Å²) in [7, 11) is 0. The van der Waals surface area contributed by atoms with E-state index >= 15 is 0 Å². The Morgan fingerprint density at radius 3 is 2.43 bits per heavy atom. The number of thioether (sulfide) groups is 1. The molecule has 0 bridgehead atoms. The van der Waals surface area contributed by atoms with Crippen LogP contribution in [0.5, 0.6) is 0 Å². The fraction of sp³-hybridized carbons (Fsp3) is 0.263. The van der Waals surface area contributed by atoms with E-state index in [-0.39, 0.29) is 11.4 Å². The van der Waals surface area contributed by atoms with Crippen LogP contribution in [0.1, 0.15) is 19.4 Å². The van der Waals surface area contributed by atoms with Gasteiger partial charge in [-0.05, 0) is 44.2 Å². The third kappa shape index (κ3) is 4.68. The van der Waals surface area contributed by atoms with Crippen molar-refractivity contribution in [2.45, 2.75) is 30.8 Å². The summed E-state index contributed by atoms with van der Waals surface area (Å²) in [5.74, 6) is 0.607. The Labute approximate surface area is 169 Å². The molecule has 1 heterocycles. The lowest BCUT2D eigenvalue weighted by molar-refractivity contribution is -0.137. The topological polar surface area (TPSA) is 50.9 Å². The molecule has 1 aromatic heterocycles. The van der Waals surface area contributed by atoms with E-state index in [2.05, 4.69) is 10.2 Å². The Kier molecular flexibility index (Phi) is 5.74. The molecule has 1 N–H and O–H groups in total. The average molecular weight is 428 g/mol. The highest BCUT2D eigenvalue weighted by atomic mass is 35.5. The summed E-state index contributed by atoms with van der Waals surface area (Å²) in [6, 6.07) is 11.8. The van der Waals surface area contributed by atoms with Crippen LogP contribution >= 0.6 is 23.4 Å². The summed E-state index contributed by atoms with van der Waals surface area (Å²) in [6.45, 7) is 3.28. The van der Waals surface area contributed by atoms with Crippen LogP contribution in [0.4, 0.5) is 13.2 Å². The molecular weight excluding hydrogens is 411 g/mol. The lowest BCUT2D eigenvalue weighted by Gasteiger charge is -2.17. The minimum atomic E-state index is -4.48. The second-order valence-corrected chi connectivity index (χ2v) is 8.12. The predicted octanol–water partition coefficient (Wildman–Crippen LogP) is 5.47. The minimum absolute atomic E-state index is 0.257. The van der Waals surface area contributed by atoms with Crippen LogP contribution in [0, 0.1) is 0 Å². The van der Waals surface area contributed by atoms with Crippen molar-refractivity contribution >= 4 is 23.4 Å². The van der Waals surface area contributed by atoms with E-state index in [4.69, 9.17) is 11.6 Å². The third-order valence-corrected chi connectivity index (χ3v) is 5.44. The average Bonchev–Trinajstić information content (AvgIpc) is 3.03. The van der Waals surface area contributed by atoms with E-state index in [1.54, 1.807) is 44.2 Å². The van der Waals surface area contributed by atoms with E-state index in [1.165, 1.54) is 22.4 Å². The van der Waals surface area contributed by atoms with Crippen LogP contribution in [0.3, 0.4) is 0 Å². The molecule has 0 aliphatic carbocycles. The monoisotopic (exact) mass is 427 g/mol. The second-order valence-electron chi connectivity index (χ2n) is 6.77. The summed E-state index contributed by atoms with van der Waals surface area (Å²) >= 11 is 7.47. The Bertz CT molecular complexity index is 983. The SMILES string of the molecule is CC(C)(O)CSc1nnc(-c2ccccc2Cl)n1-c1cccc(C(F)(F)F)c1. The number of aromatic nitrogens is 3. The van der Waals surface area contributed by atoms with Gasteiger partial charge in [0.1, 0.15) is 0 Å². The van der Waals surface area contributed by atoms with Gasteiger partial charge in [0.15, 0.2) is 11.0 Å². The smallest absolute Gasteiger partial charge is 0.390 e. The first-order valence-electron chi connectivity index (χ1n) is 8.29. The van der Waals surface area contributed by atoms with Crippen LogP contribution in [0.25, 0.3) is 17.1 Å². The van der Waals surface area contributed by atoms with Gasteiger partial charge in [0.05, 0.1) is 21.9 Å². The van der Waals surface area contributed by atoms with Crippen molar-refractivity contribution in [3.05, 3.63) is 59.1 Å². The molecule has 0 spiro atoms. The quantitative estimate of drug-likeness (QED) is 0.548. The van der Waals surface area contributed by atoms with Crippen molar-refractivity contribution in [3.8, 4) is 17.1 Å². The highest BCUT2D eigenvalue weighted by Gasteiger charge is 2.31. The zero-order chi connectivity index (χ0) is 20.5. The Morgan fingerprint density at radius 1 is 1.07 bits per heavy atom. The number of alkyl halides is 3. The molecule has 0 amide bonds. The van der Waals surface area contributed by atoms with E-state index < -0.39 is 17.3 Å². The van der Waals surface area contributed by atoms with Crippen molar-refractivity contribution in [2.24, 2.45) is 0 Å². The summed E-state index contributed by atoms with van der Waals surface area (Å²) in [4.78, 5) is 0. The molecule has 0 aliphatic heterocycles. The normalized spacial score (nSPS) is 12.4. The largest absolute Gasteiger partial charge is 0.416 e. The standard InChI is InChI=1S/C19H17ClF3N3OS/c1-18(2,27)11-28-17-25-24-16(14-8-3-4-9-15(14)20)26(17)13-7-5-6-12(10-13)19(21,22)23/h3-10,27H,11H2,1-2H3. The first-order chi connectivity index (χ1) is 13.1. The highest BCUT2D eigenvalue weighted by Crippen LogP contribution is 2.35. The van der Waals surface area contributed by atoms with E-state index in [0.29, 0.717) is 21.6 Å². The van der Waals surface area contributed by atoms with Crippen LogP contribution in [0.15, 0.2) is 53.7 Å². The molecule has 4 nitrogen and oxygen atoms in total. The first-order valence-corrected chi connectivity index (χ1v) is 9.66. The molecule has 28 heavy (non-hydrogen) atoms. The maximum absolute atomic E-state index is 13.2. The van der Waals surface area contributed by atoms with Gasteiger partial charge >= 0.3 is 6.18 Å². The highest BCUT2D eigenvalue weighted by molar-refractivity contribution is 7.99. The van der Waals surface area contributed by atoms with Crippen molar-refractivity contribution in [3.63, 3.8) is 0 Å². The molecule has 0 atom stereocenters. The molecule has 3 rings (SSSR count). The molecule has 0 saturated carbocycles. The van der Waals surface area contributed by atoms with Crippen molar-refractivity contribution < 1.29 is 18.3 Å². The Hall–Kier alpha value is -2.03. The molecule has 0 saturated heterocycles. The van der Waals surface area contributed by atoms with Gasteiger partial charge in [-0.2, -0.15) is 13.2 Å². The molecule has 0 unspecified atom stereocenters. The number of halogens is 4. The maximum Gasteiger partial charge on any atom is 0.416 e. The maximum atomic E-state index is 13.2. The molecule has 2 aromatic carbocycles. The fourth-order valence-electron chi connectivity index (χ4n) is 2.48. The number of benzene rings is 2. The molecule has 3 aromatic rings. The van der Waals surface area contributed by atoms with Gasteiger partial charge in [-0.25, -0.2) is 0 Å². The van der Waals surface area contributed by atoms with Crippen LogP contribution in [-0.4, -0.2) is 31.2 Å². The number of hydrogen-bond acceptors (Lipinski definition) is 4. The molecular formula is C19H17ClF3N3OS. The van der Waals surface area contributed by atoms with E-state index in [1.807, 2.05) is 0 Å². The Morgan fingerprint density at radius 2 is 1.79 bits per heavy atom. The van der Waals surface area contributed by atoms with Gasteiger partial charge < -0.3 is 5.11 Å². The van der Waals surface area contributed by atoms with Crippen LogP contribution in [-0.2, 0) is 6.18 Å². The van der Waals surface area contributed by atoms with Crippen molar-refractivity contribution in [1.29, 1.82) is 0 Å². The summed E-state index contributed by atoms with van der Waals surface area (Å²) in [5, 5.41) is 19.1. The fourth-order valence-corrected chi connectivity index (χ4v) is 3.60. The zero-order valence-electron chi connectivity index (χ0n) is 15.0. The van der Waals surface area contributed by atoms with Gasteiger partial charge in [0, 0.05) is 11.3 Å². The molecule has 9 heteroatoms. The van der Waals surface area contributed by atoms with Gasteiger partial charge in [-0.15, -0.1) is 10.2 Å². The number of aliphatic hydroxyl groups is 1. The zero-order valence-corrected chi connectivity index (χ0v) is 16.6. The second kappa shape index (κ2) is 7.77. The Balaban J connectivity index is 2.16.